The Morgan fingerprint density at radius 1 is 1.12 bits per heavy atom. The normalized spacial score (nSPS) is 11.5. The molecule has 0 aromatic carbocycles. The first-order valence-corrected chi connectivity index (χ1v) is 5.42. The molecule has 0 radical (unpaired) electrons. The molecule has 0 saturated heterocycles. The maximum absolute atomic E-state index is 11.8. The first-order chi connectivity index (χ1) is 8.06. The van der Waals surface area contributed by atoms with Gasteiger partial charge in [0.2, 0.25) is 0 Å². The molecule has 3 aromatic rings. The van der Waals surface area contributed by atoms with Crippen LogP contribution in [0.25, 0.3) is 16.7 Å². The zero-order valence-corrected chi connectivity index (χ0v) is 9.90. The highest BCUT2D eigenvalue weighted by atomic mass is 16.1. The summed E-state index contributed by atoms with van der Waals surface area (Å²) >= 11 is 0. The van der Waals surface area contributed by atoms with E-state index in [0.717, 1.165) is 22.3 Å². The van der Waals surface area contributed by atoms with E-state index in [-0.39, 0.29) is 5.56 Å². The van der Waals surface area contributed by atoms with Gasteiger partial charge < -0.3 is 0 Å². The number of hydrogen-bond acceptors (Lipinski definition) is 3. The van der Waals surface area contributed by atoms with Crippen LogP contribution in [-0.4, -0.2) is 19.6 Å². The van der Waals surface area contributed by atoms with Gasteiger partial charge in [0.05, 0.1) is 5.39 Å². The van der Waals surface area contributed by atoms with Crippen molar-refractivity contribution in [1.29, 1.82) is 0 Å². The molecule has 0 saturated carbocycles. The molecule has 0 bridgehead atoms. The van der Waals surface area contributed by atoms with Gasteiger partial charge in [-0.1, -0.05) is 0 Å². The molecule has 5 nitrogen and oxygen atoms in total. The Kier molecular flexibility index (Phi) is 1.86. The number of fused-ring (bicyclic) bond motifs is 3. The van der Waals surface area contributed by atoms with Crippen molar-refractivity contribution in [3.63, 3.8) is 0 Å². The molecule has 17 heavy (non-hydrogen) atoms. The minimum atomic E-state index is -0.109. The molecule has 0 unspecified atom stereocenters. The summed E-state index contributed by atoms with van der Waals surface area (Å²) < 4.78 is 1.44. The monoisotopic (exact) mass is 228 g/mol. The van der Waals surface area contributed by atoms with Crippen molar-refractivity contribution in [3.05, 3.63) is 39.4 Å². The third kappa shape index (κ3) is 1.35. The van der Waals surface area contributed by atoms with Crippen LogP contribution < -0.4 is 5.56 Å². The number of aromatic nitrogens is 4. The molecule has 0 aliphatic heterocycles. The number of nitrogens with zero attached hydrogens (tertiary/aromatic N) is 3. The maximum Gasteiger partial charge on any atom is 0.272 e. The average molecular weight is 228 g/mol. The van der Waals surface area contributed by atoms with Crippen LogP contribution >= 0.6 is 0 Å². The zero-order valence-electron chi connectivity index (χ0n) is 9.90. The van der Waals surface area contributed by atoms with Gasteiger partial charge in [0.25, 0.3) is 5.56 Å². The summed E-state index contributed by atoms with van der Waals surface area (Å²) in [5.41, 5.74) is 3.96. The van der Waals surface area contributed by atoms with Crippen molar-refractivity contribution in [2.75, 3.05) is 0 Å². The largest absolute Gasteiger partial charge is 0.272 e. The maximum atomic E-state index is 11.8. The van der Waals surface area contributed by atoms with E-state index in [1.807, 2.05) is 26.8 Å². The van der Waals surface area contributed by atoms with Crippen LogP contribution in [0, 0.1) is 20.8 Å². The van der Waals surface area contributed by atoms with Crippen molar-refractivity contribution >= 4 is 16.7 Å². The zero-order chi connectivity index (χ0) is 12.2. The van der Waals surface area contributed by atoms with Gasteiger partial charge in [0, 0.05) is 17.5 Å². The lowest BCUT2D eigenvalue weighted by Crippen LogP contribution is -2.14. The molecule has 1 N–H and O–H groups in total. The molecule has 0 aliphatic rings. The summed E-state index contributed by atoms with van der Waals surface area (Å²) in [6, 6.07) is 3.50. The average Bonchev–Trinajstić information content (AvgIpc) is 2.56. The van der Waals surface area contributed by atoms with Crippen molar-refractivity contribution in [2.24, 2.45) is 0 Å². The van der Waals surface area contributed by atoms with Crippen molar-refractivity contribution < 1.29 is 0 Å². The molecule has 0 fully saturated rings. The van der Waals surface area contributed by atoms with Crippen LogP contribution in [0.2, 0.25) is 0 Å². The number of hydrogen-bond donors (Lipinski definition) is 1. The van der Waals surface area contributed by atoms with E-state index in [9.17, 15) is 4.79 Å². The number of aryl methyl sites for hydroxylation is 3. The molecule has 0 amide bonds. The second kappa shape index (κ2) is 3.16. The third-order valence-corrected chi connectivity index (χ3v) is 2.83. The lowest BCUT2D eigenvalue weighted by Gasteiger charge is -1.97. The Hall–Kier alpha value is -2.17. The standard InChI is InChI=1S/C12H12N4O/c1-6-4-7(2)13-11-10(6)12-14-8(3)5-9(17)16(12)15-11/h4-5H,1-3H3,(H,13,15). The Balaban J connectivity index is 2.65. The summed E-state index contributed by atoms with van der Waals surface area (Å²) in [5, 5.41) is 3.90. The Bertz CT molecular complexity index is 797. The van der Waals surface area contributed by atoms with E-state index in [2.05, 4.69) is 15.1 Å². The van der Waals surface area contributed by atoms with Crippen molar-refractivity contribution in [1.82, 2.24) is 19.6 Å². The highest BCUT2D eigenvalue weighted by Crippen LogP contribution is 2.20. The summed E-state index contributed by atoms with van der Waals surface area (Å²) in [6.07, 6.45) is 0. The van der Waals surface area contributed by atoms with Crippen LogP contribution in [0.5, 0.6) is 0 Å². The van der Waals surface area contributed by atoms with E-state index in [4.69, 9.17) is 0 Å². The molecule has 5 heteroatoms. The summed E-state index contributed by atoms with van der Waals surface area (Å²) in [7, 11) is 0. The lowest BCUT2D eigenvalue weighted by molar-refractivity contribution is 0.896. The quantitative estimate of drug-likeness (QED) is 0.634. The Morgan fingerprint density at radius 2 is 1.82 bits per heavy atom. The highest BCUT2D eigenvalue weighted by Gasteiger charge is 2.11. The predicted molar refractivity (Wildman–Crippen MR) is 65.3 cm³/mol. The number of nitrogens with one attached hydrogen (secondary N) is 1. The molecule has 0 atom stereocenters. The van der Waals surface area contributed by atoms with Crippen LogP contribution in [0.4, 0.5) is 0 Å². The van der Waals surface area contributed by atoms with Gasteiger partial charge >= 0.3 is 0 Å². The summed E-state index contributed by atoms with van der Waals surface area (Å²) in [6.45, 7) is 5.75. The number of rotatable bonds is 0. The van der Waals surface area contributed by atoms with Gasteiger partial charge in [-0.05, 0) is 32.4 Å². The van der Waals surface area contributed by atoms with Gasteiger partial charge in [-0.3, -0.25) is 9.89 Å². The number of aromatic amines is 1. The number of H-pyrrole nitrogens is 1. The predicted octanol–water partition coefficient (Wildman–Crippen LogP) is 1.50. The fourth-order valence-corrected chi connectivity index (χ4v) is 2.18. The van der Waals surface area contributed by atoms with Gasteiger partial charge in [-0.15, -0.1) is 0 Å². The minimum absolute atomic E-state index is 0.109. The molecule has 86 valence electrons. The molecule has 3 aromatic heterocycles. The van der Waals surface area contributed by atoms with Gasteiger partial charge in [0.1, 0.15) is 0 Å². The van der Waals surface area contributed by atoms with Gasteiger partial charge in [0.15, 0.2) is 11.3 Å². The van der Waals surface area contributed by atoms with Crippen LogP contribution in [0.1, 0.15) is 17.0 Å². The van der Waals surface area contributed by atoms with E-state index < -0.39 is 0 Å². The fourth-order valence-electron chi connectivity index (χ4n) is 2.18. The van der Waals surface area contributed by atoms with Crippen molar-refractivity contribution in [3.8, 4) is 0 Å². The van der Waals surface area contributed by atoms with Gasteiger partial charge in [-0.2, -0.15) is 4.52 Å². The molecular formula is C12H12N4O. The second-order valence-corrected chi connectivity index (χ2v) is 4.31. The smallest absolute Gasteiger partial charge is 0.272 e. The van der Waals surface area contributed by atoms with E-state index >= 15 is 0 Å². The van der Waals surface area contributed by atoms with Crippen molar-refractivity contribution in [2.45, 2.75) is 20.8 Å². The molecular weight excluding hydrogens is 216 g/mol. The second-order valence-electron chi connectivity index (χ2n) is 4.31. The molecule has 0 spiro atoms. The van der Waals surface area contributed by atoms with E-state index in [0.29, 0.717) is 11.3 Å². The van der Waals surface area contributed by atoms with E-state index in [1.165, 1.54) is 10.6 Å². The minimum Gasteiger partial charge on any atom is -0.272 e. The van der Waals surface area contributed by atoms with Gasteiger partial charge in [-0.25, -0.2) is 9.97 Å². The Labute approximate surface area is 97.1 Å². The molecule has 3 rings (SSSR count). The topological polar surface area (TPSA) is 63.1 Å². The highest BCUT2D eigenvalue weighted by molar-refractivity contribution is 5.92. The third-order valence-electron chi connectivity index (χ3n) is 2.83. The SMILES string of the molecule is Cc1cc(C)c2c(n1)[nH]n1c(=O)cc(C)nc21. The molecule has 0 aliphatic carbocycles. The number of pyridine rings is 1. The fraction of sp³-hybridized carbons (Fsp3) is 0.250. The first-order valence-electron chi connectivity index (χ1n) is 5.42. The lowest BCUT2D eigenvalue weighted by atomic mass is 10.2. The van der Waals surface area contributed by atoms with Crippen LogP contribution in [0.3, 0.4) is 0 Å². The summed E-state index contributed by atoms with van der Waals surface area (Å²) in [4.78, 5) is 20.6. The first kappa shape index (κ1) is 10.0. The van der Waals surface area contributed by atoms with E-state index in [1.54, 1.807) is 0 Å². The summed E-state index contributed by atoms with van der Waals surface area (Å²) in [5.74, 6) is 0. The molecule has 3 heterocycles. The van der Waals surface area contributed by atoms with Crippen LogP contribution in [-0.2, 0) is 0 Å². The Morgan fingerprint density at radius 3 is 2.59 bits per heavy atom. The van der Waals surface area contributed by atoms with Crippen LogP contribution in [0.15, 0.2) is 16.9 Å².